The van der Waals surface area contributed by atoms with Crippen LogP contribution in [0.3, 0.4) is 0 Å². The van der Waals surface area contributed by atoms with Crippen molar-refractivity contribution in [2.45, 2.75) is 19.8 Å². The molecule has 10 heteroatoms. The summed E-state index contributed by atoms with van der Waals surface area (Å²) in [6, 6.07) is 11.1. The number of hydrogen-bond acceptors (Lipinski definition) is 5. The van der Waals surface area contributed by atoms with E-state index in [0.29, 0.717) is 28.5 Å². The molecule has 2 heterocycles. The van der Waals surface area contributed by atoms with E-state index in [1.165, 1.54) is 0 Å². The van der Waals surface area contributed by atoms with E-state index in [1.54, 1.807) is 24.7 Å². The minimum absolute atomic E-state index is 0.199. The summed E-state index contributed by atoms with van der Waals surface area (Å²) >= 11 is 6.38. The van der Waals surface area contributed by atoms with E-state index >= 15 is 0 Å². The van der Waals surface area contributed by atoms with Gasteiger partial charge >= 0.3 is 6.09 Å². The number of carbonyl (C=O) groups excluding carboxylic acids is 1. The van der Waals surface area contributed by atoms with Gasteiger partial charge in [-0.05, 0) is 43.2 Å². The van der Waals surface area contributed by atoms with E-state index in [2.05, 4.69) is 20.9 Å². The summed E-state index contributed by atoms with van der Waals surface area (Å²) in [6.07, 6.45) is 2.93. The fourth-order valence-corrected chi connectivity index (χ4v) is 3.67. The molecule has 0 fully saturated rings. The van der Waals surface area contributed by atoms with Crippen LogP contribution >= 0.6 is 11.6 Å². The average molecular weight is 453 g/mol. The highest BCUT2D eigenvalue weighted by molar-refractivity contribution is 6.33. The smallest absolute Gasteiger partial charge is 0.404 e. The number of imidazole rings is 1. The number of nitrogens with one attached hydrogen (secondary N) is 3. The van der Waals surface area contributed by atoms with Crippen LogP contribution in [0.2, 0.25) is 5.02 Å². The molecule has 0 saturated carbocycles. The molecule has 0 spiro atoms. The fraction of sp³-hybridized carbons (Fsp3) is 0.182. The summed E-state index contributed by atoms with van der Waals surface area (Å²) in [6.45, 7) is 2.18. The van der Waals surface area contributed by atoms with Crippen molar-refractivity contribution >= 4 is 57.3 Å². The molecule has 4 rings (SSSR count). The molecule has 164 valence electrons. The first-order valence-electron chi connectivity index (χ1n) is 9.97. The Hall–Kier alpha value is -3.85. The Morgan fingerprint density at radius 3 is 2.81 bits per heavy atom. The van der Waals surface area contributed by atoms with E-state index in [-0.39, 0.29) is 18.9 Å². The predicted octanol–water partition coefficient (Wildman–Crippen LogP) is 4.57. The Kier molecular flexibility index (Phi) is 6.09. The molecule has 0 radical (unpaired) electrons. The number of halogens is 1. The lowest BCUT2D eigenvalue weighted by molar-refractivity contribution is -0.116. The molecule has 4 N–H and O–H groups in total. The van der Waals surface area contributed by atoms with Gasteiger partial charge in [0, 0.05) is 18.7 Å². The van der Waals surface area contributed by atoms with E-state index in [4.69, 9.17) is 21.7 Å². The van der Waals surface area contributed by atoms with E-state index < -0.39 is 6.09 Å². The number of aromatic nitrogens is 3. The topological polar surface area (TPSA) is 121 Å². The van der Waals surface area contributed by atoms with Crippen LogP contribution in [0.1, 0.15) is 18.4 Å². The molecule has 32 heavy (non-hydrogen) atoms. The highest BCUT2D eigenvalue weighted by Crippen LogP contribution is 2.31. The summed E-state index contributed by atoms with van der Waals surface area (Å²) < 4.78 is 1.92. The van der Waals surface area contributed by atoms with Gasteiger partial charge in [-0.2, -0.15) is 0 Å². The molecule has 2 amide bonds. The zero-order chi connectivity index (χ0) is 22.7. The Morgan fingerprint density at radius 1 is 1.19 bits per heavy atom. The molecular weight excluding hydrogens is 432 g/mol. The zero-order valence-corrected chi connectivity index (χ0v) is 18.0. The quantitative estimate of drug-likeness (QED) is 0.305. The van der Waals surface area contributed by atoms with Crippen molar-refractivity contribution in [1.29, 1.82) is 0 Å². The highest BCUT2D eigenvalue weighted by atomic mass is 35.5. The van der Waals surface area contributed by atoms with E-state index in [1.807, 2.05) is 35.6 Å². The minimum Gasteiger partial charge on any atom is -0.465 e. The van der Waals surface area contributed by atoms with Crippen LogP contribution in [0, 0.1) is 6.92 Å². The summed E-state index contributed by atoms with van der Waals surface area (Å²) in [5.41, 5.74) is 4.63. The van der Waals surface area contributed by atoms with Crippen LogP contribution in [0.25, 0.3) is 16.6 Å². The first kappa shape index (κ1) is 21.4. The second kappa shape index (κ2) is 9.11. The van der Waals surface area contributed by atoms with Crippen LogP contribution in [0.15, 0.2) is 48.9 Å². The number of fused-ring (bicyclic) bond motifs is 3. The lowest BCUT2D eigenvalue weighted by Gasteiger charge is -2.14. The minimum atomic E-state index is -1.10. The van der Waals surface area contributed by atoms with Crippen LogP contribution in [-0.4, -0.2) is 38.0 Å². The van der Waals surface area contributed by atoms with Crippen LogP contribution in [0.5, 0.6) is 0 Å². The second-order valence-electron chi connectivity index (χ2n) is 7.25. The molecule has 9 nitrogen and oxygen atoms in total. The highest BCUT2D eigenvalue weighted by Gasteiger charge is 2.13. The Bertz CT molecular complexity index is 1300. The summed E-state index contributed by atoms with van der Waals surface area (Å²) in [7, 11) is 0. The van der Waals surface area contributed by atoms with Crippen molar-refractivity contribution in [3.63, 3.8) is 0 Å². The van der Waals surface area contributed by atoms with Gasteiger partial charge in [-0.1, -0.05) is 23.7 Å². The third-order valence-electron chi connectivity index (χ3n) is 4.95. The zero-order valence-electron chi connectivity index (χ0n) is 17.2. The number of carboxylic acid groups (broad SMARTS) is 1. The molecule has 2 aromatic heterocycles. The second-order valence-corrected chi connectivity index (χ2v) is 7.66. The molecule has 0 saturated heterocycles. The molecule has 0 aliphatic heterocycles. The van der Waals surface area contributed by atoms with Crippen LogP contribution < -0.4 is 16.0 Å². The Labute approximate surface area is 188 Å². The third kappa shape index (κ3) is 4.57. The summed E-state index contributed by atoms with van der Waals surface area (Å²) in [5, 5.41) is 17.6. The normalized spacial score (nSPS) is 10.9. The lowest BCUT2D eigenvalue weighted by atomic mass is 10.2. The summed E-state index contributed by atoms with van der Waals surface area (Å²) in [5.74, 6) is 0.389. The van der Waals surface area contributed by atoms with E-state index in [0.717, 1.165) is 22.3 Å². The standard InChI is InChI=1S/C22H21ClN6O3/c1-13-4-2-5-15(23)20(13)28-21-18-11-24-12-29(18)17-8-7-14(10-16(17)27-21)26-19(30)6-3-9-25-22(31)32/h2,4-5,7-8,10-12,25H,3,6,9H2,1H3,(H,26,30)(H,27,28)(H,31,32). The van der Waals surface area contributed by atoms with Crippen molar-refractivity contribution in [2.75, 3.05) is 17.2 Å². The van der Waals surface area contributed by atoms with Crippen molar-refractivity contribution < 1.29 is 14.7 Å². The van der Waals surface area contributed by atoms with Gasteiger partial charge < -0.3 is 21.1 Å². The monoisotopic (exact) mass is 452 g/mol. The van der Waals surface area contributed by atoms with Gasteiger partial charge in [-0.3, -0.25) is 9.20 Å². The molecule has 2 aromatic carbocycles. The maximum atomic E-state index is 12.2. The van der Waals surface area contributed by atoms with Crippen molar-refractivity contribution in [3.05, 3.63) is 59.5 Å². The number of benzene rings is 2. The SMILES string of the molecule is Cc1cccc(Cl)c1Nc1nc2cc(NC(=O)CCCNC(=O)O)ccc2n2cncc12. The molecule has 0 bridgehead atoms. The van der Waals surface area contributed by atoms with Crippen molar-refractivity contribution in [2.24, 2.45) is 0 Å². The maximum absolute atomic E-state index is 12.2. The van der Waals surface area contributed by atoms with Gasteiger partial charge in [0.05, 0.1) is 34.3 Å². The first-order valence-corrected chi connectivity index (χ1v) is 10.3. The van der Waals surface area contributed by atoms with Crippen molar-refractivity contribution in [1.82, 2.24) is 19.7 Å². The number of nitrogens with zero attached hydrogens (tertiary/aromatic N) is 3. The number of anilines is 3. The van der Waals surface area contributed by atoms with Crippen LogP contribution in [0.4, 0.5) is 22.0 Å². The van der Waals surface area contributed by atoms with Crippen LogP contribution in [-0.2, 0) is 4.79 Å². The molecule has 0 aliphatic carbocycles. The number of amides is 2. The number of rotatable bonds is 7. The van der Waals surface area contributed by atoms with Gasteiger partial charge in [0.1, 0.15) is 5.52 Å². The molecule has 4 aromatic rings. The molecule has 0 unspecified atom stereocenters. The van der Waals surface area contributed by atoms with E-state index in [9.17, 15) is 9.59 Å². The number of carbonyl (C=O) groups is 2. The molecule has 0 aliphatic rings. The van der Waals surface area contributed by atoms with Gasteiger partial charge in [0.15, 0.2) is 5.82 Å². The first-order chi connectivity index (χ1) is 15.4. The number of aryl methyl sites for hydroxylation is 1. The number of hydrogen-bond donors (Lipinski definition) is 4. The van der Waals surface area contributed by atoms with Crippen molar-refractivity contribution in [3.8, 4) is 0 Å². The molecule has 0 atom stereocenters. The predicted molar refractivity (Wildman–Crippen MR) is 124 cm³/mol. The van der Waals surface area contributed by atoms with Gasteiger partial charge in [0.2, 0.25) is 5.91 Å². The molecular formula is C22H21ClN6O3. The van der Waals surface area contributed by atoms with Gasteiger partial charge in [-0.25, -0.2) is 14.8 Å². The van der Waals surface area contributed by atoms with Gasteiger partial charge in [-0.15, -0.1) is 0 Å². The lowest BCUT2D eigenvalue weighted by Crippen LogP contribution is -2.23. The average Bonchev–Trinajstić information content (AvgIpc) is 3.24. The largest absolute Gasteiger partial charge is 0.465 e. The number of para-hydroxylation sites is 1. The maximum Gasteiger partial charge on any atom is 0.404 e. The summed E-state index contributed by atoms with van der Waals surface area (Å²) in [4.78, 5) is 31.7. The Morgan fingerprint density at radius 2 is 2.03 bits per heavy atom. The van der Waals surface area contributed by atoms with Gasteiger partial charge in [0.25, 0.3) is 0 Å². The Balaban J connectivity index is 1.61. The third-order valence-corrected chi connectivity index (χ3v) is 5.27. The fourth-order valence-electron chi connectivity index (χ4n) is 3.40.